The van der Waals surface area contributed by atoms with Crippen LogP contribution < -0.4 is 21.3 Å². The first kappa shape index (κ1) is 29.5. The van der Waals surface area contributed by atoms with Gasteiger partial charge in [0.25, 0.3) is 5.91 Å². The quantitative estimate of drug-likeness (QED) is 0.0935. The van der Waals surface area contributed by atoms with Crippen molar-refractivity contribution in [2.75, 3.05) is 13.2 Å². The third-order valence-electron chi connectivity index (χ3n) is 4.92. The van der Waals surface area contributed by atoms with Gasteiger partial charge in [0.2, 0.25) is 5.91 Å². The molecule has 4 N–H and O–H groups in total. The van der Waals surface area contributed by atoms with E-state index in [1.165, 1.54) is 55.5 Å². The van der Waals surface area contributed by atoms with E-state index in [0.717, 1.165) is 0 Å². The molecular weight excluding hydrogens is 496 g/mol. The number of amidine groups is 1. The Kier molecular flexibility index (Phi) is 11.4. The Morgan fingerprint density at radius 2 is 1.55 bits per heavy atom. The minimum absolute atomic E-state index is 0.0579. The number of carbonyl (C=O) groups is 5. The standard InChI is InChI=1S/C26H30N4O8/c1-4-5-22(32)38-37-21-12-10-18(11-13-21)23(33)16(2)29-25(34)20-8-6-19(7-9-20)24(27)30-26(35)36-15-14-28-17(3)31/h6-13,16H,4-5,14-15H2,1-3H3,(H,28,31)(H,29,34)(H2,27,30,35). The Balaban J connectivity index is 1.89. The van der Waals surface area contributed by atoms with Crippen LogP contribution in [0.3, 0.4) is 0 Å². The molecule has 12 heteroatoms. The Labute approximate surface area is 219 Å². The molecule has 2 aromatic carbocycles. The minimum atomic E-state index is -0.917. The van der Waals surface area contributed by atoms with E-state index in [1.807, 2.05) is 6.92 Å². The summed E-state index contributed by atoms with van der Waals surface area (Å²) in [5.74, 6) is -1.43. The molecule has 0 aliphatic heterocycles. The second-order valence-electron chi connectivity index (χ2n) is 8.04. The van der Waals surface area contributed by atoms with Crippen LogP contribution in [0.15, 0.2) is 53.5 Å². The van der Waals surface area contributed by atoms with Crippen LogP contribution in [0.5, 0.6) is 5.75 Å². The van der Waals surface area contributed by atoms with Crippen molar-refractivity contribution >= 4 is 35.5 Å². The normalized spacial score (nSPS) is 11.6. The van der Waals surface area contributed by atoms with Gasteiger partial charge in [-0.05, 0) is 49.7 Å². The van der Waals surface area contributed by atoms with Crippen LogP contribution in [0, 0.1) is 0 Å². The lowest BCUT2D eigenvalue weighted by atomic mass is 10.0. The maximum atomic E-state index is 12.7. The number of ketones is 1. The van der Waals surface area contributed by atoms with Crippen molar-refractivity contribution < 1.29 is 38.5 Å². The largest absolute Gasteiger partial charge is 0.446 e. The number of carbonyl (C=O) groups excluding carboxylic acids is 5. The summed E-state index contributed by atoms with van der Waals surface area (Å²) in [5.41, 5.74) is 6.79. The van der Waals surface area contributed by atoms with Crippen molar-refractivity contribution in [2.24, 2.45) is 10.7 Å². The van der Waals surface area contributed by atoms with Crippen molar-refractivity contribution in [3.63, 3.8) is 0 Å². The second kappa shape index (κ2) is 14.7. The third-order valence-corrected chi connectivity index (χ3v) is 4.92. The average molecular weight is 527 g/mol. The summed E-state index contributed by atoms with van der Waals surface area (Å²) in [7, 11) is 0. The van der Waals surface area contributed by atoms with Crippen LogP contribution in [0.2, 0.25) is 0 Å². The first-order chi connectivity index (χ1) is 18.1. The van der Waals surface area contributed by atoms with Crippen molar-refractivity contribution in [2.45, 2.75) is 39.7 Å². The molecule has 3 amide bonds. The SMILES string of the molecule is CCCC(=O)OOc1ccc(C(=O)C(C)NC(=O)c2ccc(/C(N)=N/C(=O)OCCNC(C)=O)cc2)cc1. The fraction of sp³-hybridized carbons (Fsp3) is 0.308. The number of Topliss-reactive ketones (excluding diaryl/α,β-unsaturated/α-hetero) is 1. The number of hydrogen-bond donors (Lipinski definition) is 3. The van der Waals surface area contributed by atoms with Gasteiger partial charge in [0.05, 0.1) is 12.6 Å². The molecule has 202 valence electrons. The van der Waals surface area contributed by atoms with Crippen molar-refractivity contribution in [1.82, 2.24) is 10.6 Å². The summed E-state index contributed by atoms with van der Waals surface area (Å²) < 4.78 is 4.84. The molecule has 0 bridgehead atoms. The Morgan fingerprint density at radius 1 is 0.947 bits per heavy atom. The van der Waals surface area contributed by atoms with Gasteiger partial charge in [0, 0.05) is 30.0 Å². The summed E-state index contributed by atoms with van der Waals surface area (Å²) in [6.45, 7) is 4.82. The molecule has 0 aliphatic carbocycles. The highest BCUT2D eigenvalue weighted by Gasteiger charge is 2.19. The molecule has 12 nitrogen and oxygen atoms in total. The molecule has 2 aromatic rings. The first-order valence-electron chi connectivity index (χ1n) is 11.8. The third kappa shape index (κ3) is 9.72. The number of aliphatic imine (C=N–C) groups is 1. The average Bonchev–Trinajstić information content (AvgIpc) is 2.90. The lowest BCUT2D eigenvalue weighted by Gasteiger charge is -2.13. The number of rotatable bonds is 12. The molecule has 0 saturated heterocycles. The van der Waals surface area contributed by atoms with Gasteiger partial charge < -0.3 is 21.1 Å². The lowest BCUT2D eigenvalue weighted by molar-refractivity contribution is -0.213. The zero-order valence-corrected chi connectivity index (χ0v) is 21.3. The van der Waals surface area contributed by atoms with Crippen LogP contribution in [0.1, 0.15) is 59.9 Å². The Hall–Kier alpha value is -4.74. The zero-order valence-electron chi connectivity index (χ0n) is 21.3. The van der Waals surface area contributed by atoms with Gasteiger partial charge in [-0.3, -0.25) is 24.2 Å². The molecule has 0 aromatic heterocycles. The van der Waals surface area contributed by atoms with Gasteiger partial charge in [-0.15, -0.1) is 0 Å². The number of ether oxygens (including phenoxy) is 1. The number of benzene rings is 2. The van der Waals surface area contributed by atoms with Gasteiger partial charge >= 0.3 is 12.1 Å². The monoisotopic (exact) mass is 526 g/mol. The molecule has 1 atom stereocenters. The lowest BCUT2D eigenvalue weighted by Crippen LogP contribution is -2.38. The van der Waals surface area contributed by atoms with Gasteiger partial charge in [-0.25, -0.2) is 9.59 Å². The van der Waals surface area contributed by atoms with E-state index in [9.17, 15) is 24.0 Å². The first-order valence-corrected chi connectivity index (χ1v) is 11.8. The fourth-order valence-electron chi connectivity index (χ4n) is 2.96. The fourth-order valence-corrected chi connectivity index (χ4v) is 2.96. The molecule has 0 fully saturated rings. The Bertz CT molecular complexity index is 1180. The van der Waals surface area contributed by atoms with Crippen molar-refractivity contribution in [3.8, 4) is 5.75 Å². The smallest absolute Gasteiger partial charge is 0.435 e. The summed E-state index contributed by atoms with van der Waals surface area (Å²) in [6, 6.07) is 11.0. The zero-order chi connectivity index (χ0) is 28.1. The molecule has 0 aliphatic rings. The molecule has 0 radical (unpaired) electrons. The van der Waals surface area contributed by atoms with E-state index in [0.29, 0.717) is 17.5 Å². The molecule has 0 heterocycles. The van der Waals surface area contributed by atoms with Gasteiger partial charge in [-0.2, -0.15) is 4.99 Å². The highest BCUT2D eigenvalue weighted by atomic mass is 17.2. The van der Waals surface area contributed by atoms with E-state index >= 15 is 0 Å². The molecule has 0 spiro atoms. The van der Waals surface area contributed by atoms with E-state index in [4.69, 9.17) is 15.4 Å². The van der Waals surface area contributed by atoms with Crippen molar-refractivity contribution in [3.05, 3.63) is 65.2 Å². The van der Waals surface area contributed by atoms with Crippen LogP contribution in [-0.4, -0.2) is 54.7 Å². The Morgan fingerprint density at radius 3 is 2.16 bits per heavy atom. The van der Waals surface area contributed by atoms with Crippen molar-refractivity contribution in [1.29, 1.82) is 0 Å². The van der Waals surface area contributed by atoms with E-state index < -0.39 is 24.0 Å². The van der Waals surface area contributed by atoms with E-state index in [-0.39, 0.29) is 48.4 Å². The maximum absolute atomic E-state index is 12.7. The number of hydrogen-bond acceptors (Lipinski definition) is 8. The van der Waals surface area contributed by atoms with E-state index in [2.05, 4.69) is 20.5 Å². The van der Waals surface area contributed by atoms with Gasteiger partial charge in [-0.1, -0.05) is 19.1 Å². The molecule has 2 rings (SSSR count). The molecular formula is C26H30N4O8. The topological polar surface area (TPSA) is 175 Å². The second-order valence-corrected chi connectivity index (χ2v) is 8.04. The summed E-state index contributed by atoms with van der Waals surface area (Å²) in [6.07, 6.45) is -0.0570. The highest BCUT2D eigenvalue weighted by molar-refractivity contribution is 6.05. The number of nitrogens with one attached hydrogen (secondary N) is 2. The molecule has 1 unspecified atom stereocenters. The van der Waals surface area contributed by atoms with E-state index in [1.54, 1.807) is 6.92 Å². The highest BCUT2D eigenvalue weighted by Crippen LogP contribution is 2.15. The van der Waals surface area contributed by atoms with Crippen LogP contribution in [0.25, 0.3) is 0 Å². The van der Waals surface area contributed by atoms with Gasteiger partial charge in [0.15, 0.2) is 11.5 Å². The minimum Gasteiger partial charge on any atom is -0.446 e. The predicted octanol–water partition coefficient (Wildman–Crippen LogP) is 2.30. The van der Waals surface area contributed by atoms with Crippen LogP contribution >= 0.6 is 0 Å². The molecule has 38 heavy (non-hydrogen) atoms. The predicted molar refractivity (Wildman–Crippen MR) is 137 cm³/mol. The van der Waals surface area contributed by atoms with Crippen LogP contribution in [-0.2, 0) is 19.2 Å². The number of nitrogens with zero attached hydrogens (tertiary/aromatic N) is 1. The summed E-state index contributed by atoms with van der Waals surface area (Å²) in [4.78, 5) is 72.4. The molecule has 0 saturated carbocycles. The number of amides is 3. The summed E-state index contributed by atoms with van der Waals surface area (Å²) >= 11 is 0. The maximum Gasteiger partial charge on any atom is 0.435 e. The van der Waals surface area contributed by atoms with Crippen LogP contribution in [0.4, 0.5) is 4.79 Å². The number of nitrogens with two attached hydrogens (primary N) is 1. The summed E-state index contributed by atoms with van der Waals surface area (Å²) in [5, 5.41) is 5.10. The van der Waals surface area contributed by atoms with Gasteiger partial charge in [0.1, 0.15) is 12.4 Å².